The zero-order valence-corrected chi connectivity index (χ0v) is 41.7. The molecule has 71 heavy (non-hydrogen) atoms. The number of likely N-dealkylation sites (N-methyl/N-ethyl adjacent to an activating group) is 1. The Labute approximate surface area is 416 Å². The van der Waals surface area contributed by atoms with Crippen molar-refractivity contribution in [1.29, 1.82) is 0 Å². The van der Waals surface area contributed by atoms with Gasteiger partial charge in [0.2, 0.25) is 39.6 Å². The van der Waals surface area contributed by atoms with Gasteiger partial charge >= 0.3 is 12.0 Å². The van der Waals surface area contributed by atoms with E-state index in [1.807, 2.05) is 25.1 Å². The fourth-order valence-corrected chi connectivity index (χ4v) is 9.45. The van der Waals surface area contributed by atoms with Gasteiger partial charge in [0.05, 0.1) is 31.1 Å². The number of aliphatic carboxylic acids is 1. The Morgan fingerprint density at radius 1 is 0.761 bits per heavy atom. The molecule has 1 aliphatic rings. The first-order chi connectivity index (χ1) is 34.1. The molecule has 0 aliphatic carbocycles. The molecule has 1 aliphatic heterocycles. The van der Waals surface area contributed by atoms with E-state index in [4.69, 9.17) is 9.47 Å². The summed E-state index contributed by atoms with van der Waals surface area (Å²) in [6.07, 6.45) is 4.14. The summed E-state index contributed by atoms with van der Waals surface area (Å²) in [6.45, 7) is 3.83. The molecule has 1 unspecified atom stereocenters. The molecular weight excluding hydrogens is 937 g/mol. The van der Waals surface area contributed by atoms with E-state index in [-0.39, 0.29) is 67.8 Å². The Morgan fingerprint density at radius 3 is 2.13 bits per heavy atom. The molecule has 3 aromatic rings. The third-order valence-electron chi connectivity index (χ3n) is 11.9. The number of carbonyl (C=O) groups excluding carboxylic acids is 6. The lowest BCUT2D eigenvalue weighted by Gasteiger charge is -2.28. The zero-order chi connectivity index (χ0) is 51.6. The first kappa shape index (κ1) is 57.2. The van der Waals surface area contributed by atoms with Crippen LogP contribution in [0.3, 0.4) is 0 Å². The number of nitrogens with zero attached hydrogens (tertiary/aromatic N) is 2. The standard InChI is InChI=1S/C50H70N8O12S/c1-36-15-9-10-18-40(36)56-50(66)54-38-24-22-37(23-25-38)35-46(61)57(2)42(19-11-13-29-51-44(59)21-8-5-12-28-52-45(60)27-32-70-34-33-69-3)47(62)53-30-26-41(49(64)65)55-48(63)43-20-14-31-58(43)71(67,68)39-16-6-4-7-17-39/h4,6-7,9-10,15-18,22-25,41-43H,5,8,11-14,19-21,26-35H2,1-3H3,(H,51,59)(H,52,60)(H,53,62)(H,55,63)(H,64,65)(H2,54,56,66)/t41-,42-,43?/m0/s1. The Morgan fingerprint density at radius 2 is 1.44 bits per heavy atom. The number of unbranched alkanes of at least 4 members (excludes halogenated alkanes) is 3. The molecule has 0 saturated carbocycles. The van der Waals surface area contributed by atoms with Gasteiger partial charge < -0.3 is 51.4 Å². The number of benzene rings is 3. The summed E-state index contributed by atoms with van der Waals surface area (Å²) in [7, 11) is -0.948. The van der Waals surface area contributed by atoms with Crippen molar-refractivity contribution in [3.63, 3.8) is 0 Å². The topological polar surface area (TPSA) is 271 Å². The molecule has 7 amide bonds. The number of urea groups is 1. The Kier molecular flexibility index (Phi) is 24.4. The van der Waals surface area contributed by atoms with Gasteiger partial charge in [-0.3, -0.25) is 24.0 Å². The molecule has 1 saturated heterocycles. The highest BCUT2D eigenvalue weighted by molar-refractivity contribution is 7.89. The summed E-state index contributed by atoms with van der Waals surface area (Å²) >= 11 is 0. The van der Waals surface area contributed by atoms with E-state index < -0.39 is 52.0 Å². The fourth-order valence-electron chi connectivity index (χ4n) is 7.77. The monoisotopic (exact) mass is 1010 g/mol. The number of anilines is 2. The van der Waals surface area contributed by atoms with Gasteiger partial charge in [-0.1, -0.05) is 55.0 Å². The lowest BCUT2D eigenvalue weighted by molar-refractivity contribution is -0.142. The van der Waals surface area contributed by atoms with Crippen LogP contribution in [0.15, 0.2) is 83.8 Å². The number of hydrogen-bond acceptors (Lipinski definition) is 11. The van der Waals surface area contributed by atoms with Crippen molar-refractivity contribution in [2.45, 2.75) is 107 Å². The Balaban J connectivity index is 1.29. The first-order valence-corrected chi connectivity index (χ1v) is 25.5. The number of carbonyl (C=O) groups is 7. The molecule has 0 bridgehead atoms. The van der Waals surface area contributed by atoms with Crippen LogP contribution in [0.2, 0.25) is 0 Å². The minimum absolute atomic E-state index is 0.0187. The molecular formula is C50H70N8O12S. The third-order valence-corrected chi connectivity index (χ3v) is 13.8. The molecule has 3 aromatic carbocycles. The fraction of sp³-hybridized carbons (Fsp3) is 0.500. The molecule has 1 heterocycles. The number of sulfonamides is 1. The van der Waals surface area contributed by atoms with Crippen LogP contribution in [0.1, 0.15) is 81.8 Å². The van der Waals surface area contributed by atoms with Crippen molar-refractivity contribution < 1.29 is 56.6 Å². The van der Waals surface area contributed by atoms with Crippen molar-refractivity contribution in [3.8, 4) is 0 Å². The number of amides is 7. The van der Waals surface area contributed by atoms with Crippen LogP contribution in [0.5, 0.6) is 0 Å². The number of aryl methyl sites for hydroxylation is 1. The van der Waals surface area contributed by atoms with Gasteiger partial charge in [-0.15, -0.1) is 0 Å². The highest BCUT2D eigenvalue weighted by Gasteiger charge is 2.40. The average Bonchev–Trinajstić information content (AvgIpc) is 3.86. The van der Waals surface area contributed by atoms with Gasteiger partial charge in [0.25, 0.3) is 0 Å². The van der Waals surface area contributed by atoms with Crippen LogP contribution < -0.4 is 31.9 Å². The van der Waals surface area contributed by atoms with Crippen molar-refractivity contribution in [2.75, 3.05) is 70.8 Å². The number of carboxylic acids is 1. The normalized spacial score (nSPS) is 14.4. The van der Waals surface area contributed by atoms with Gasteiger partial charge in [0.15, 0.2) is 0 Å². The van der Waals surface area contributed by atoms with Crippen LogP contribution in [0, 0.1) is 6.92 Å². The first-order valence-electron chi connectivity index (χ1n) is 24.1. The molecule has 1 fully saturated rings. The number of carboxylic acid groups (broad SMARTS) is 1. The number of nitrogens with one attached hydrogen (secondary N) is 6. The van der Waals surface area contributed by atoms with Crippen molar-refractivity contribution in [2.24, 2.45) is 0 Å². The molecule has 0 spiro atoms. The summed E-state index contributed by atoms with van der Waals surface area (Å²) in [4.78, 5) is 91.8. The van der Waals surface area contributed by atoms with Gasteiger partial charge in [-0.25, -0.2) is 18.0 Å². The van der Waals surface area contributed by atoms with E-state index >= 15 is 0 Å². The second kappa shape index (κ2) is 30.3. The lowest BCUT2D eigenvalue weighted by atomic mass is 10.0. The lowest BCUT2D eigenvalue weighted by Crippen LogP contribution is -2.52. The molecule has 20 nitrogen and oxygen atoms in total. The van der Waals surface area contributed by atoms with Crippen LogP contribution in [0.25, 0.3) is 0 Å². The number of rotatable bonds is 31. The van der Waals surface area contributed by atoms with Gasteiger partial charge in [-0.2, -0.15) is 4.31 Å². The van der Waals surface area contributed by atoms with Crippen LogP contribution in [0.4, 0.5) is 16.2 Å². The summed E-state index contributed by atoms with van der Waals surface area (Å²) in [6, 6.07) is 17.7. The van der Waals surface area contributed by atoms with Crippen LogP contribution >= 0.6 is 0 Å². The maximum Gasteiger partial charge on any atom is 0.326 e. The highest BCUT2D eigenvalue weighted by Crippen LogP contribution is 2.26. The van der Waals surface area contributed by atoms with Gasteiger partial charge in [-0.05, 0) is 99.7 Å². The molecule has 21 heteroatoms. The maximum absolute atomic E-state index is 13.8. The number of hydrogen-bond donors (Lipinski definition) is 7. The summed E-state index contributed by atoms with van der Waals surface area (Å²) in [5.41, 5.74) is 2.68. The molecule has 0 radical (unpaired) electrons. The van der Waals surface area contributed by atoms with Gasteiger partial charge in [0, 0.05) is 64.6 Å². The smallest absolute Gasteiger partial charge is 0.326 e. The largest absolute Gasteiger partial charge is 0.480 e. The van der Waals surface area contributed by atoms with Crippen LogP contribution in [-0.2, 0) is 54.7 Å². The van der Waals surface area contributed by atoms with Gasteiger partial charge in [0.1, 0.15) is 18.1 Å². The average molecular weight is 1010 g/mol. The van der Waals surface area contributed by atoms with E-state index in [1.165, 1.54) is 24.1 Å². The molecule has 4 rings (SSSR count). The predicted octanol–water partition coefficient (Wildman–Crippen LogP) is 3.95. The quantitative estimate of drug-likeness (QED) is 0.0452. The Hall–Kier alpha value is -6.42. The van der Waals surface area contributed by atoms with Crippen LogP contribution in [-0.4, -0.2) is 143 Å². The van der Waals surface area contributed by atoms with Crippen molar-refractivity contribution in [1.82, 2.24) is 30.5 Å². The van der Waals surface area contributed by atoms with E-state index in [9.17, 15) is 47.1 Å². The second-order valence-corrected chi connectivity index (χ2v) is 19.1. The summed E-state index contributed by atoms with van der Waals surface area (Å²) in [5, 5.41) is 26.5. The summed E-state index contributed by atoms with van der Waals surface area (Å²) in [5.74, 6) is -3.30. The highest BCUT2D eigenvalue weighted by atomic mass is 32.2. The van der Waals surface area contributed by atoms with E-state index in [2.05, 4.69) is 31.9 Å². The zero-order valence-electron chi connectivity index (χ0n) is 40.9. The van der Waals surface area contributed by atoms with E-state index in [0.29, 0.717) is 82.0 Å². The Bertz CT molecular complexity index is 2320. The third kappa shape index (κ3) is 19.7. The van der Waals surface area contributed by atoms with E-state index in [1.54, 1.807) is 55.6 Å². The minimum atomic E-state index is -4.03. The second-order valence-electron chi connectivity index (χ2n) is 17.2. The van der Waals surface area contributed by atoms with E-state index in [0.717, 1.165) is 22.7 Å². The SMILES string of the molecule is COCCOCCC(=O)NCCCCCC(=O)NCCCC[C@@H](C(=O)NCC[C@H](NC(=O)C1CCCN1S(=O)(=O)c1ccccc1)C(=O)O)N(C)C(=O)Cc1ccc(NC(=O)Nc2ccccc2C)cc1. The van der Waals surface area contributed by atoms with Crippen molar-refractivity contribution >= 4 is 62.9 Å². The van der Waals surface area contributed by atoms with Crippen molar-refractivity contribution in [3.05, 3.63) is 90.0 Å². The molecule has 7 N–H and O–H groups in total. The number of methoxy groups -OCH3 is 1. The number of para-hydroxylation sites is 1. The maximum atomic E-state index is 13.8. The molecule has 3 atom stereocenters. The molecule has 0 aromatic heterocycles. The molecule has 388 valence electrons. The minimum Gasteiger partial charge on any atom is -0.480 e. The summed E-state index contributed by atoms with van der Waals surface area (Å²) < 4.78 is 38.0. The predicted molar refractivity (Wildman–Crippen MR) is 267 cm³/mol. The number of ether oxygens (including phenoxy) is 2.